The molecule has 2 heteroatoms. The lowest BCUT2D eigenvalue weighted by molar-refractivity contribution is 0.00690. The van der Waals surface area contributed by atoms with Crippen LogP contribution in [0.25, 0.3) is 0 Å². The zero-order valence-corrected chi connectivity index (χ0v) is 7.68. The van der Waals surface area contributed by atoms with Gasteiger partial charge in [-0.3, -0.25) is 0 Å². The molecule has 2 nitrogen and oxygen atoms in total. The van der Waals surface area contributed by atoms with Gasteiger partial charge in [-0.25, -0.2) is 0 Å². The molecule has 0 unspecified atom stereocenters. The maximum absolute atomic E-state index is 5.66. The maximum Gasteiger partial charge on any atom is 0.0702 e. The Morgan fingerprint density at radius 1 is 1.55 bits per heavy atom. The van der Waals surface area contributed by atoms with Crippen molar-refractivity contribution in [1.82, 2.24) is 4.90 Å². The number of ether oxygens (including phenoxy) is 1. The molecular weight excluding hydrogens is 138 g/mol. The van der Waals surface area contributed by atoms with E-state index in [1.165, 1.54) is 19.4 Å². The van der Waals surface area contributed by atoms with Gasteiger partial charge < -0.3 is 9.64 Å². The Balaban J connectivity index is 2.12. The van der Waals surface area contributed by atoms with Crippen LogP contribution in [0.5, 0.6) is 0 Å². The van der Waals surface area contributed by atoms with E-state index < -0.39 is 0 Å². The van der Waals surface area contributed by atoms with Gasteiger partial charge in [-0.15, -0.1) is 0 Å². The molecular formula is C9H19NO. The Kier molecular flexibility index (Phi) is 3.87. The van der Waals surface area contributed by atoms with Crippen molar-refractivity contribution in [3.8, 4) is 0 Å². The molecule has 0 bridgehead atoms. The van der Waals surface area contributed by atoms with Crippen molar-refractivity contribution in [2.45, 2.75) is 32.3 Å². The summed E-state index contributed by atoms with van der Waals surface area (Å²) in [6, 6.07) is 0. The lowest BCUT2D eigenvalue weighted by atomic mass is 10.1. The smallest absolute Gasteiger partial charge is 0.0702 e. The van der Waals surface area contributed by atoms with E-state index in [2.05, 4.69) is 18.9 Å². The number of likely N-dealkylation sites (N-methyl/N-ethyl adjacent to an activating group) is 1. The molecule has 11 heavy (non-hydrogen) atoms. The topological polar surface area (TPSA) is 12.5 Å². The van der Waals surface area contributed by atoms with Gasteiger partial charge in [-0.2, -0.15) is 0 Å². The molecule has 0 aromatic carbocycles. The minimum atomic E-state index is 0.508. The molecule has 66 valence electrons. The van der Waals surface area contributed by atoms with Crippen LogP contribution in [0.15, 0.2) is 0 Å². The van der Waals surface area contributed by atoms with Gasteiger partial charge in [0.15, 0.2) is 0 Å². The molecule has 1 fully saturated rings. The molecule has 1 saturated heterocycles. The molecule has 0 radical (unpaired) electrons. The van der Waals surface area contributed by atoms with Gasteiger partial charge in [0.25, 0.3) is 0 Å². The summed E-state index contributed by atoms with van der Waals surface area (Å²) in [5.41, 5.74) is 0. The second-order valence-electron chi connectivity index (χ2n) is 3.40. The fourth-order valence-corrected chi connectivity index (χ4v) is 1.54. The van der Waals surface area contributed by atoms with Gasteiger partial charge in [0.1, 0.15) is 0 Å². The lowest BCUT2D eigenvalue weighted by Crippen LogP contribution is -2.37. The van der Waals surface area contributed by atoms with Crippen LogP contribution < -0.4 is 0 Å². The highest BCUT2D eigenvalue weighted by Crippen LogP contribution is 2.11. The van der Waals surface area contributed by atoms with Crippen molar-refractivity contribution in [3.05, 3.63) is 0 Å². The molecule has 1 atom stereocenters. The van der Waals surface area contributed by atoms with E-state index >= 15 is 0 Å². The SMILES string of the molecule is CCCO[C@H]1CCCN(C)C1. The quantitative estimate of drug-likeness (QED) is 0.615. The largest absolute Gasteiger partial charge is 0.377 e. The van der Waals surface area contributed by atoms with Gasteiger partial charge in [0.05, 0.1) is 6.10 Å². The van der Waals surface area contributed by atoms with Gasteiger partial charge >= 0.3 is 0 Å². The molecule has 1 heterocycles. The first-order valence-corrected chi connectivity index (χ1v) is 4.63. The van der Waals surface area contributed by atoms with Crippen LogP contribution >= 0.6 is 0 Å². The third-order valence-electron chi connectivity index (χ3n) is 2.14. The van der Waals surface area contributed by atoms with E-state index in [0.29, 0.717) is 6.10 Å². The fraction of sp³-hybridized carbons (Fsp3) is 1.00. The first kappa shape index (κ1) is 9.01. The summed E-state index contributed by atoms with van der Waals surface area (Å²) in [5.74, 6) is 0. The van der Waals surface area contributed by atoms with Crippen molar-refractivity contribution in [2.24, 2.45) is 0 Å². The molecule has 0 aromatic rings. The van der Waals surface area contributed by atoms with Crippen LogP contribution in [0.1, 0.15) is 26.2 Å². The Hall–Kier alpha value is -0.0800. The molecule has 0 saturated carbocycles. The van der Waals surface area contributed by atoms with Crippen molar-refractivity contribution in [3.63, 3.8) is 0 Å². The lowest BCUT2D eigenvalue weighted by Gasteiger charge is -2.29. The van der Waals surface area contributed by atoms with E-state index in [1.807, 2.05) is 0 Å². The van der Waals surface area contributed by atoms with Crippen molar-refractivity contribution in [2.75, 3.05) is 26.7 Å². The highest BCUT2D eigenvalue weighted by Gasteiger charge is 2.16. The summed E-state index contributed by atoms with van der Waals surface area (Å²) in [6.45, 7) is 5.46. The van der Waals surface area contributed by atoms with E-state index in [0.717, 1.165) is 19.6 Å². The number of nitrogens with zero attached hydrogens (tertiary/aromatic N) is 1. The molecule has 1 aliphatic heterocycles. The minimum Gasteiger partial charge on any atom is -0.377 e. The van der Waals surface area contributed by atoms with Gasteiger partial charge in [0, 0.05) is 13.2 Å². The third-order valence-corrected chi connectivity index (χ3v) is 2.14. The van der Waals surface area contributed by atoms with E-state index in [9.17, 15) is 0 Å². The summed E-state index contributed by atoms with van der Waals surface area (Å²) in [5, 5.41) is 0. The average molecular weight is 157 g/mol. The number of hydrogen-bond donors (Lipinski definition) is 0. The fourth-order valence-electron chi connectivity index (χ4n) is 1.54. The third kappa shape index (κ3) is 3.21. The molecule has 1 aliphatic rings. The zero-order chi connectivity index (χ0) is 8.10. The summed E-state index contributed by atoms with van der Waals surface area (Å²) >= 11 is 0. The normalized spacial score (nSPS) is 27.3. The summed E-state index contributed by atoms with van der Waals surface area (Å²) in [6.07, 6.45) is 4.20. The van der Waals surface area contributed by atoms with Crippen LogP contribution in [0.3, 0.4) is 0 Å². The van der Waals surface area contributed by atoms with Crippen LogP contribution in [0.4, 0.5) is 0 Å². The van der Waals surface area contributed by atoms with Crippen molar-refractivity contribution < 1.29 is 4.74 Å². The molecule has 1 rings (SSSR count). The molecule has 0 amide bonds. The molecule has 0 spiro atoms. The first-order chi connectivity index (χ1) is 5.33. The van der Waals surface area contributed by atoms with E-state index in [-0.39, 0.29) is 0 Å². The summed E-state index contributed by atoms with van der Waals surface area (Å²) in [7, 11) is 2.17. The van der Waals surface area contributed by atoms with Crippen LogP contribution in [0, 0.1) is 0 Å². The zero-order valence-electron chi connectivity index (χ0n) is 7.68. The number of hydrogen-bond acceptors (Lipinski definition) is 2. The molecule has 0 aliphatic carbocycles. The molecule has 0 aromatic heterocycles. The van der Waals surface area contributed by atoms with Crippen LogP contribution in [0.2, 0.25) is 0 Å². The van der Waals surface area contributed by atoms with E-state index in [4.69, 9.17) is 4.74 Å². The summed E-state index contributed by atoms with van der Waals surface area (Å²) in [4.78, 5) is 2.35. The molecule has 0 N–H and O–H groups in total. The van der Waals surface area contributed by atoms with Crippen molar-refractivity contribution >= 4 is 0 Å². The minimum absolute atomic E-state index is 0.508. The van der Waals surface area contributed by atoms with Crippen LogP contribution in [-0.4, -0.2) is 37.7 Å². The highest BCUT2D eigenvalue weighted by molar-refractivity contribution is 4.70. The highest BCUT2D eigenvalue weighted by atomic mass is 16.5. The number of rotatable bonds is 3. The predicted molar refractivity (Wildman–Crippen MR) is 46.8 cm³/mol. The van der Waals surface area contributed by atoms with E-state index in [1.54, 1.807) is 0 Å². The average Bonchev–Trinajstić information content (AvgIpc) is 2.01. The number of likely N-dealkylation sites (tertiary alicyclic amines) is 1. The summed E-state index contributed by atoms with van der Waals surface area (Å²) < 4.78 is 5.66. The second-order valence-corrected chi connectivity index (χ2v) is 3.40. The Morgan fingerprint density at radius 2 is 2.36 bits per heavy atom. The Bertz CT molecular complexity index is 106. The maximum atomic E-state index is 5.66. The van der Waals surface area contributed by atoms with Gasteiger partial charge in [0.2, 0.25) is 0 Å². The van der Waals surface area contributed by atoms with Crippen molar-refractivity contribution in [1.29, 1.82) is 0 Å². The predicted octanol–water partition coefficient (Wildman–Crippen LogP) is 1.51. The van der Waals surface area contributed by atoms with Crippen LogP contribution in [-0.2, 0) is 4.74 Å². The Morgan fingerprint density at radius 3 is 3.00 bits per heavy atom. The first-order valence-electron chi connectivity index (χ1n) is 4.63. The number of piperidine rings is 1. The van der Waals surface area contributed by atoms with Gasteiger partial charge in [-0.05, 0) is 32.9 Å². The monoisotopic (exact) mass is 157 g/mol. The standard InChI is InChI=1S/C9H19NO/c1-3-7-11-9-5-4-6-10(2)8-9/h9H,3-8H2,1-2H3/t9-/m0/s1. The Labute approximate surface area is 69.5 Å². The van der Waals surface area contributed by atoms with Gasteiger partial charge in [-0.1, -0.05) is 6.92 Å². The second kappa shape index (κ2) is 4.73.